The Kier molecular flexibility index (Phi) is 3.78. The molecule has 1 aliphatic heterocycles. The zero-order valence-electron chi connectivity index (χ0n) is 8.02. The Bertz CT molecular complexity index is 157. The van der Waals surface area contributed by atoms with Gasteiger partial charge in [0.05, 0.1) is 0 Å². The van der Waals surface area contributed by atoms with Gasteiger partial charge >= 0.3 is 0 Å². The molecular formula is C10H18BrN. The lowest BCUT2D eigenvalue weighted by Crippen LogP contribution is -2.34. The van der Waals surface area contributed by atoms with E-state index in [4.69, 9.17) is 0 Å². The molecule has 2 heteroatoms. The molecule has 0 aromatic rings. The van der Waals surface area contributed by atoms with Crippen molar-refractivity contribution in [1.82, 2.24) is 4.90 Å². The number of hydrogen-bond donors (Lipinski definition) is 0. The van der Waals surface area contributed by atoms with Gasteiger partial charge < -0.3 is 0 Å². The molecule has 0 N–H and O–H groups in total. The van der Waals surface area contributed by atoms with Crippen molar-refractivity contribution in [3.63, 3.8) is 0 Å². The van der Waals surface area contributed by atoms with E-state index in [2.05, 4.69) is 41.3 Å². The number of alkyl halides is 1. The van der Waals surface area contributed by atoms with Gasteiger partial charge in [-0.25, -0.2) is 0 Å². The number of nitrogens with zero attached hydrogens (tertiary/aromatic N) is 1. The van der Waals surface area contributed by atoms with Crippen LogP contribution < -0.4 is 0 Å². The molecule has 2 atom stereocenters. The van der Waals surface area contributed by atoms with Gasteiger partial charge in [-0.2, -0.15) is 0 Å². The third-order valence-corrected chi connectivity index (χ3v) is 3.52. The van der Waals surface area contributed by atoms with Gasteiger partial charge in [0.2, 0.25) is 0 Å². The third kappa shape index (κ3) is 2.33. The summed E-state index contributed by atoms with van der Waals surface area (Å²) in [6.45, 7) is 9.70. The topological polar surface area (TPSA) is 3.24 Å². The Morgan fingerprint density at radius 1 is 1.42 bits per heavy atom. The Hall–Kier alpha value is 0.180. The van der Waals surface area contributed by atoms with Gasteiger partial charge in [-0.1, -0.05) is 28.1 Å². The quantitative estimate of drug-likeness (QED) is 0.534. The molecule has 2 unspecified atom stereocenters. The van der Waals surface area contributed by atoms with E-state index >= 15 is 0 Å². The molecule has 12 heavy (non-hydrogen) atoms. The average molecular weight is 232 g/mol. The molecule has 0 aliphatic carbocycles. The van der Waals surface area contributed by atoms with Crippen LogP contribution in [-0.2, 0) is 0 Å². The fourth-order valence-corrected chi connectivity index (χ4v) is 2.04. The summed E-state index contributed by atoms with van der Waals surface area (Å²) in [5, 5.41) is 0.933. The maximum Gasteiger partial charge on any atom is 0.0251 e. The molecule has 0 aromatic heterocycles. The van der Waals surface area contributed by atoms with E-state index in [0.29, 0.717) is 0 Å². The minimum atomic E-state index is 0.746. The highest BCUT2D eigenvalue weighted by atomic mass is 79.9. The molecule has 0 saturated carbocycles. The number of hydrogen-bond acceptors (Lipinski definition) is 1. The molecular weight excluding hydrogens is 214 g/mol. The van der Waals surface area contributed by atoms with Crippen LogP contribution in [0.2, 0.25) is 0 Å². The van der Waals surface area contributed by atoms with Crippen molar-refractivity contribution < 1.29 is 0 Å². The molecule has 0 aromatic carbocycles. The van der Waals surface area contributed by atoms with Gasteiger partial charge in [-0.15, -0.1) is 0 Å². The summed E-state index contributed by atoms with van der Waals surface area (Å²) in [5.41, 5.74) is 1.29. The van der Waals surface area contributed by atoms with Crippen molar-refractivity contribution in [3.05, 3.63) is 12.2 Å². The van der Waals surface area contributed by atoms with Crippen molar-refractivity contribution in [3.8, 4) is 0 Å². The number of rotatable bonds is 3. The molecule has 0 amide bonds. The van der Waals surface area contributed by atoms with Crippen LogP contribution in [0.3, 0.4) is 0 Å². The monoisotopic (exact) mass is 231 g/mol. The predicted molar refractivity (Wildman–Crippen MR) is 57.8 cm³/mol. The van der Waals surface area contributed by atoms with E-state index in [-0.39, 0.29) is 0 Å². The van der Waals surface area contributed by atoms with Crippen LogP contribution in [0.4, 0.5) is 0 Å². The van der Waals surface area contributed by atoms with Crippen molar-refractivity contribution in [1.29, 1.82) is 0 Å². The molecule has 1 nitrogen and oxygen atoms in total. The minimum absolute atomic E-state index is 0.746. The second-order valence-corrected chi connectivity index (χ2v) is 4.39. The standard InChI is InChI=1S/C10H18BrN/c1-8(6-11)7-12-9(2)4-5-10(12)3/h9-10H,1,4-7H2,2-3H3. The third-order valence-electron chi connectivity index (χ3n) is 2.73. The van der Waals surface area contributed by atoms with E-state index in [1.165, 1.54) is 18.4 Å². The van der Waals surface area contributed by atoms with E-state index in [9.17, 15) is 0 Å². The largest absolute Gasteiger partial charge is 0.294 e. The second-order valence-electron chi connectivity index (χ2n) is 3.83. The Labute approximate surface area is 84.0 Å². The molecule has 1 saturated heterocycles. The second kappa shape index (κ2) is 4.43. The predicted octanol–water partition coefficient (Wildman–Crippen LogP) is 2.81. The summed E-state index contributed by atoms with van der Waals surface area (Å²) in [7, 11) is 0. The summed E-state index contributed by atoms with van der Waals surface area (Å²) in [6, 6.07) is 1.49. The molecule has 1 aliphatic rings. The van der Waals surface area contributed by atoms with Gasteiger partial charge in [0.1, 0.15) is 0 Å². The number of likely N-dealkylation sites (tertiary alicyclic amines) is 1. The first kappa shape index (κ1) is 10.3. The van der Waals surface area contributed by atoms with Crippen LogP contribution in [0.5, 0.6) is 0 Å². The van der Waals surface area contributed by atoms with Crippen molar-refractivity contribution in [2.45, 2.75) is 38.8 Å². The van der Waals surface area contributed by atoms with Gasteiger partial charge in [-0.05, 0) is 26.7 Å². The Morgan fingerprint density at radius 3 is 2.33 bits per heavy atom. The van der Waals surface area contributed by atoms with Crippen LogP contribution in [0.1, 0.15) is 26.7 Å². The lowest BCUT2D eigenvalue weighted by molar-refractivity contribution is 0.234. The van der Waals surface area contributed by atoms with Crippen LogP contribution in [0.25, 0.3) is 0 Å². The van der Waals surface area contributed by atoms with Crippen molar-refractivity contribution >= 4 is 15.9 Å². The summed E-state index contributed by atoms with van der Waals surface area (Å²) < 4.78 is 0. The molecule has 0 radical (unpaired) electrons. The lowest BCUT2D eigenvalue weighted by Gasteiger charge is -2.26. The van der Waals surface area contributed by atoms with Crippen molar-refractivity contribution in [2.75, 3.05) is 11.9 Å². The fourth-order valence-electron chi connectivity index (χ4n) is 1.86. The Morgan fingerprint density at radius 2 is 1.92 bits per heavy atom. The first-order chi connectivity index (χ1) is 5.65. The molecule has 0 bridgehead atoms. The van der Waals surface area contributed by atoms with Crippen molar-refractivity contribution in [2.24, 2.45) is 0 Å². The number of halogens is 1. The summed E-state index contributed by atoms with van der Waals surface area (Å²) in [5.74, 6) is 0. The highest BCUT2D eigenvalue weighted by Gasteiger charge is 2.26. The van der Waals surface area contributed by atoms with Crippen LogP contribution in [-0.4, -0.2) is 28.9 Å². The molecule has 1 heterocycles. The van der Waals surface area contributed by atoms with Crippen LogP contribution >= 0.6 is 15.9 Å². The summed E-state index contributed by atoms with van der Waals surface area (Å²) in [4.78, 5) is 2.55. The average Bonchev–Trinajstić information content (AvgIpc) is 2.35. The van der Waals surface area contributed by atoms with Crippen LogP contribution in [0.15, 0.2) is 12.2 Å². The first-order valence-corrected chi connectivity index (χ1v) is 5.75. The SMILES string of the molecule is C=C(CBr)CN1C(C)CCC1C. The zero-order chi connectivity index (χ0) is 9.14. The maximum atomic E-state index is 4.02. The zero-order valence-corrected chi connectivity index (χ0v) is 9.60. The normalized spacial score (nSPS) is 30.9. The van der Waals surface area contributed by atoms with Gasteiger partial charge in [0.25, 0.3) is 0 Å². The van der Waals surface area contributed by atoms with E-state index in [1.807, 2.05) is 0 Å². The Balaban J connectivity index is 2.44. The summed E-state index contributed by atoms with van der Waals surface area (Å²) >= 11 is 3.44. The molecule has 1 rings (SSSR count). The van der Waals surface area contributed by atoms with Crippen LogP contribution in [0, 0.1) is 0 Å². The first-order valence-electron chi connectivity index (χ1n) is 4.63. The molecule has 0 spiro atoms. The lowest BCUT2D eigenvalue weighted by atomic mass is 10.2. The maximum absolute atomic E-state index is 4.02. The molecule has 70 valence electrons. The highest BCUT2D eigenvalue weighted by Crippen LogP contribution is 2.24. The summed E-state index contributed by atoms with van der Waals surface area (Å²) in [6.07, 6.45) is 2.69. The van der Waals surface area contributed by atoms with E-state index < -0.39 is 0 Å². The van der Waals surface area contributed by atoms with E-state index in [1.54, 1.807) is 0 Å². The van der Waals surface area contributed by atoms with E-state index in [0.717, 1.165) is 24.0 Å². The smallest absolute Gasteiger partial charge is 0.0251 e. The fraction of sp³-hybridized carbons (Fsp3) is 0.800. The minimum Gasteiger partial charge on any atom is -0.294 e. The highest BCUT2D eigenvalue weighted by molar-refractivity contribution is 9.09. The van der Waals surface area contributed by atoms with Gasteiger partial charge in [-0.3, -0.25) is 4.90 Å². The van der Waals surface area contributed by atoms with Gasteiger partial charge in [0.15, 0.2) is 0 Å². The molecule has 1 fully saturated rings. The van der Waals surface area contributed by atoms with Gasteiger partial charge in [0, 0.05) is 24.0 Å².